The normalized spacial score (nSPS) is 12.3. The number of allylic oxidation sites excluding steroid dienone is 8. The van der Waals surface area contributed by atoms with Crippen molar-refractivity contribution in [1.82, 2.24) is 0 Å². The van der Waals surface area contributed by atoms with Crippen molar-refractivity contribution in [1.29, 1.82) is 0 Å². The Morgan fingerprint density at radius 2 is 1.05 bits per heavy atom. The molecule has 2 aliphatic rings. The Balaban J connectivity index is 0.000000463. The summed E-state index contributed by atoms with van der Waals surface area (Å²) in [5.74, 6) is 1.38. The maximum absolute atomic E-state index is 8.99. The second-order valence-electron chi connectivity index (χ2n) is 8.17. The van der Waals surface area contributed by atoms with Crippen LogP contribution in [0.25, 0.3) is 0 Å². The molecule has 2 aromatic rings. The number of phenolic OH excluding ortho intramolecular Hbond substituents is 2. The number of hydrogen-bond donors (Lipinski definition) is 2. The monoisotopic (exact) mass is 580 g/mol. The van der Waals surface area contributed by atoms with Crippen LogP contribution in [0.5, 0.6) is 23.0 Å². The zero-order valence-electron chi connectivity index (χ0n) is 22.8. The van der Waals surface area contributed by atoms with E-state index in [9.17, 15) is 0 Å². The minimum absolute atomic E-state index is 0. The molecule has 0 atom stereocenters. The Hall–Kier alpha value is -2.52. The van der Waals surface area contributed by atoms with Crippen molar-refractivity contribution in [3.63, 3.8) is 0 Å². The molecule has 4 rings (SSSR count). The van der Waals surface area contributed by atoms with E-state index in [1.165, 1.54) is 63.9 Å². The van der Waals surface area contributed by atoms with Crippen molar-refractivity contribution in [2.24, 2.45) is 0 Å². The van der Waals surface area contributed by atoms with Gasteiger partial charge in [-0.15, -0.1) is 12.8 Å². The van der Waals surface area contributed by atoms with Gasteiger partial charge in [-0.3, -0.25) is 12.2 Å². The fourth-order valence-electron chi connectivity index (χ4n) is 3.24. The molecule has 0 aromatic heterocycles. The van der Waals surface area contributed by atoms with Crippen LogP contribution in [0.2, 0.25) is 0 Å². The maximum atomic E-state index is 8.99. The van der Waals surface area contributed by atoms with Gasteiger partial charge in [-0.2, -0.15) is 12.2 Å². The van der Waals surface area contributed by atoms with Gasteiger partial charge in [-0.25, -0.2) is 23.3 Å². The van der Waals surface area contributed by atoms with Crippen LogP contribution in [-0.4, -0.2) is 24.4 Å². The van der Waals surface area contributed by atoms with Gasteiger partial charge in [0.15, 0.2) is 23.0 Å². The summed E-state index contributed by atoms with van der Waals surface area (Å²) >= 11 is 0. The number of unbranched alkanes of at least 4 members (excludes halogenated alkanes) is 2. The van der Waals surface area contributed by atoms with Crippen molar-refractivity contribution in [2.75, 3.05) is 14.2 Å². The van der Waals surface area contributed by atoms with Crippen LogP contribution in [0.3, 0.4) is 0 Å². The number of phenols is 2. The van der Waals surface area contributed by atoms with E-state index in [-0.39, 0.29) is 37.7 Å². The largest absolute Gasteiger partial charge is 2.00 e. The molecule has 0 aliphatic heterocycles. The third-order valence-electron chi connectivity index (χ3n) is 5.30. The van der Waals surface area contributed by atoms with Gasteiger partial charge in [0.25, 0.3) is 0 Å². The summed E-state index contributed by atoms with van der Waals surface area (Å²) in [6, 6.07) is 13.7. The number of ether oxygens (including phenoxy) is 2. The van der Waals surface area contributed by atoms with E-state index < -0.39 is 0 Å². The molecule has 2 aliphatic carbocycles. The van der Waals surface area contributed by atoms with Gasteiger partial charge < -0.3 is 19.7 Å². The molecule has 0 fully saturated rings. The first-order chi connectivity index (χ1) is 17.5. The van der Waals surface area contributed by atoms with Gasteiger partial charge in [0.05, 0.1) is 14.2 Å². The minimum Gasteiger partial charge on any atom is -0.504 e. The number of aromatic hydroxyl groups is 2. The molecule has 0 unspecified atom stereocenters. The smallest absolute Gasteiger partial charge is 0.504 e. The molecule has 0 amide bonds. The van der Waals surface area contributed by atoms with Gasteiger partial charge in [0.2, 0.25) is 0 Å². The zero-order chi connectivity index (χ0) is 26.4. The maximum Gasteiger partial charge on any atom is 2.00 e. The van der Waals surface area contributed by atoms with Crippen LogP contribution in [0.15, 0.2) is 84.0 Å². The molecule has 0 spiro atoms. The molecule has 4 nitrogen and oxygen atoms in total. The van der Waals surface area contributed by atoms with E-state index in [4.69, 9.17) is 19.7 Å². The molecule has 2 aromatic carbocycles. The first-order valence-electron chi connectivity index (χ1n) is 12.7. The van der Waals surface area contributed by atoms with Gasteiger partial charge in [-0.05, 0) is 24.3 Å². The predicted molar refractivity (Wildman–Crippen MR) is 149 cm³/mol. The van der Waals surface area contributed by atoms with Gasteiger partial charge in [-0.1, -0.05) is 76.6 Å². The Morgan fingerprint density at radius 3 is 1.30 bits per heavy atom. The molecular weight excluding hydrogens is 540 g/mol. The quantitative estimate of drug-likeness (QED) is 0.307. The molecule has 0 heterocycles. The molecule has 0 saturated heterocycles. The predicted octanol–water partition coefficient (Wildman–Crippen LogP) is 8.53. The molecule has 0 radical (unpaired) electrons. The van der Waals surface area contributed by atoms with Crippen LogP contribution in [-0.2, 0) is 26.2 Å². The number of para-hydroxylation sites is 4. The van der Waals surface area contributed by atoms with Crippen molar-refractivity contribution >= 4 is 0 Å². The fourth-order valence-corrected chi connectivity index (χ4v) is 3.24. The fraction of sp³-hybridized carbons (Fsp3) is 0.375. The van der Waals surface area contributed by atoms with Crippen LogP contribution in [0.4, 0.5) is 0 Å². The molecular formula is C32H42O4Zr. The van der Waals surface area contributed by atoms with Crippen molar-refractivity contribution in [3.8, 4) is 23.0 Å². The summed E-state index contributed by atoms with van der Waals surface area (Å²) in [5.41, 5.74) is 2.83. The molecule has 37 heavy (non-hydrogen) atoms. The third-order valence-corrected chi connectivity index (χ3v) is 5.30. The van der Waals surface area contributed by atoms with E-state index in [1.807, 2.05) is 0 Å². The first kappa shape index (κ1) is 34.5. The zero-order valence-corrected chi connectivity index (χ0v) is 25.3. The number of rotatable bonds is 8. The summed E-state index contributed by atoms with van der Waals surface area (Å²) in [4.78, 5) is 0. The topological polar surface area (TPSA) is 58.9 Å². The van der Waals surface area contributed by atoms with Gasteiger partial charge in [0, 0.05) is 0 Å². The second kappa shape index (κ2) is 22.7. The Morgan fingerprint density at radius 1 is 0.676 bits per heavy atom. The summed E-state index contributed by atoms with van der Waals surface area (Å²) in [7, 11) is 3.05. The molecule has 0 saturated carbocycles. The molecule has 198 valence electrons. The van der Waals surface area contributed by atoms with Crippen molar-refractivity contribution in [2.45, 2.75) is 65.2 Å². The van der Waals surface area contributed by atoms with Crippen molar-refractivity contribution in [3.05, 3.63) is 96.1 Å². The van der Waals surface area contributed by atoms with E-state index >= 15 is 0 Å². The van der Waals surface area contributed by atoms with E-state index in [0.717, 1.165) is 12.8 Å². The second-order valence-corrected chi connectivity index (χ2v) is 8.17. The van der Waals surface area contributed by atoms with Crippen LogP contribution < -0.4 is 9.47 Å². The number of hydrogen-bond acceptors (Lipinski definition) is 4. The Kier molecular flexibility index (Phi) is 21.1. The van der Waals surface area contributed by atoms with Gasteiger partial charge in [0.1, 0.15) is 0 Å². The molecule has 2 N–H and O–H groups in total. The average Bonchev–Trinajstić information content (AvgIpc) is 3.63. The van der Waals surface area contributed by atoms with Crippen LogP contribution in [0, 0.1) is 12.2 Å². The number of benzene rings is 2. The molecule has 0 bridgehead atoms. The van der Waals surface area contributed by atoms with Crippen molar-refractivity contribution < 1.29 is 45.9 Å². The summed E-state index contributed by atoms with van der Waals surface area (Å²) in [5, 5.41) is 18.0. The summed E-state index contributed by atoms with van der Waals surface area (Å²) < 4.78 is 9.59. The number of methoxy groups -OCH3 is 2. The summed E-state index contributed by atoms with van der Waals surface area (Å²) in [6.07, 6.45) is 25.1. The standard InChI is InChI=1S/2C9H13.2C7H8O2.Zr/c2*1-2-3-6-9-7-4-5-8-9;2*1-9-7-5-3-2-4-6(7)8;/h2*4,7H,2-3,5-6H2,1H3;2*2-5,8H,1H3;/q2*-1;;;+2. The minimum atomic E-state index is 0. The molecule has 5 heteroatoms. The first-order valence-corrected chi connectivity index (χ1v) is 12.7. The third kappa shape index (κ3) is 16.0. The van der Waals surface area contributed by atoms with Crippen LogP contribution >= 0.6 is 0 Å². The average molecular weight is 582 g/mol. The van der Waals surface area contributed by atoms with Crippen LogP contribution in [0.1, 0.15) is 65.2 Å². The Labute approximate surface area is 243 Å². The summed E-state index contributed by atoms with van der Waals surface area (Å²) in [6.45, 7) is 4.44. The Bertz CT molecular complexity index is 897. The van der Waals surface area contributed by atoms with E-state index in [0.29, 0.717) is 11.5 Å². The SMILES string of the molecule is CCCCC1=[C-]CC=C1.CCCCC1=[C-]CC=C1.COc1ccccc1O.COc1ccccc1O.[Zr+2]. The van der Waals surface area contributed by atoms with E-state index in [2.05, 4.69) is 50.3 Å². The van der Waals surface area contributed by atoms with E-state index in [1.54, 1.807) is 48.5 Å². The van der Waals surface area contributed by atoms with Gasteiger partial charge >= 0.3 is 26.2 Å².